The number of nitrogens with one attached hydrogen (secondary N) is 1. The van der Waals surface area contributed by atoms with Gasteiger partial charge >= 0.3 is 0 Å². The SMILES string of the molecule is C[C@H](NCc1ccc2ccccc2n1)c1cccc(F)c1. The molecule has 1 heterocycles. The van der Waals surface area contributed by atoms with E-state index in [-0.39, 0.29) is 11.9 Å². The number of rotatable bonds is 4. The first-order valence-electron chi connectivity index (χ1n) is 7.06. The Morgan fingerprint density at radius 3 is 2.76 bits per heavy atom. The molecule has 0 fully saturated rings. The van der Waals surface area contributed by atoms with Crippen LogP contribution in [-0.4, -0.2) is 4.98 Å². The van der Waals surface area contributed by atoms with Crippen LogP contribution in [0.25, 0.3) is 10.9 Å². The summed E-state index contributed by atoms with van der Waals surface area (Å²) in [6, 6.07) is 18.9. The van der Waals surface area contributed by atoms with Crippen molar-refractivity contribution in [3.63, 3.8) is 0 Å². The highest BCUT2D eigenvalue weighted by Gasteiger charge is 2.06. The van der Waals surface area contributed by atoms with E-state index in [0.717, 1.165) is 22.2 Å². The number of aromatic nitrogens is 1. The first kappa shape index (κ1) is 13.7. The van der Waals surface area contributed by atoms with E-state index in [4.69, 9.17) is 0 Å². The summed E-state index contributed by atoms with van der Waals surface area (Å²) in [4.78, 5) is 4.62. The van der Waals surface area contributed by atoms with E-state index in [0.29, 0.717) is 6.54 Å². The fraction of sp³-hybridized carbons (Fsp3) is 0.167. The van der Waals surface area contributed by atoms with Crippen LogP contribution in [0.1, 0.15) is 24.2 Å². The number of hydrogen-bond acceptors (Lipinski definition) is 2. The third-order valence-corrected chi connectivity index (χ3v) is 3.59. The van der Waals surface area contributed by atoms with Crippen LogP contribution in [0, 0.1) is 5.82 Å². The van der Waals surface area contributed by atoms with Gasteiger partial charge in [0, 0.05) is 18.0 Å². The molecule has 106 valence electrons. The molecule has 0 saturated heterocycles. The van der Waals surface area contributed by atoms with Crippen molar-refractivity contribution in [2.45, 2.75) is 19.5 Å². The number of nitrogens with zero attached hydrogens (tertiary/aromatic N) is 1. The number of fused-ring (bicyclic) bond motifs is 1. The first-order chi connectivity index (χ1) is 10.2. The summed E-state index contributed by atoms with van der Waals surface area (Å²) in [5, 5.41) is 4.52. The number of benzene rings is 2. The first-order valence-corrected chi connectivity index (χ1v) is 7.06. The topological polar surface area (TPSA) is 24.9 Å². The van der Waals surface area contributed by atoms with Crippen LogP contribution in [0.5, 0.6) is 0 Å². The number of hydrogen-bond donors (Lipinski definition) is 1. The third-order valence-electron chi connectivity index (χ3n) is 3.59. The third kappa shape index (κ3) is 3.26. The summed E-state index contributed by atoms with van der Waals surface area (Å²) in [5.41, 5.74) is 2.92. The molecule has 0 unspecified atom stereocenters. The Labute approximate surface area is 123 Å². The molecule has 0 bridgehead atoms. The van der Waals surface area contributed by atoms with Gasteiger partial charge in [-0.05, 0) is 36.8 Å². The zero-order chi connectivity index (χ0) is 14.7. The van der Waals surface area contributed by atoms with Crippen LogP contribution >= 0.6 is 0 Å². The van der Waals surface area contributed by atoms with E-state index < -0.39 is 0 Å². The van der Waals surface area contributed by atoms with E-state index in [1.165, 1.54) is 6.07 Å². The zero-order valence-electron chi connectivity index (χ0n) is 11.9. The lowest BCUT2D eigenvalue weighted by Crippen LogP contribution is -2.18. The van der Waals surface area contributed by atoms with Crippen molar-refractivity contribution in [1.82, 2.24) is 10.3 Å². The molecular weight excluding hydrogens is 263 g/mol. The summed E-state index contributed by atoms with van der Waals surface area (Å²) >= 11 is 0. The molecule has 0 spiro atoms. The van der Waals surface area contributed by atoms with Crippen LogP contribution < -0.4 is 5.32 Å². The molecule has 3 aromatic rings. The van der Waals surface area contributed by atoms with Gasteiger partial charge in [0.25, 0.3) is 0 Å². The standard InChI is InChI=1S/C18H17FN2/c1-13(15-6-4-7-16(19)11-15)20-12-17-10-9-14-5-2-3-8-18(14)21-17/h2-11,13,20H,12H2,1H3/t13-/m0/s1. The van der Waals surface area contributed by atoms with E-state index in [1.54, 1.807) is 12.1 Å². The fourth-order valence-electron chi connectivity index (χ4n) is 2.36. The number of para-hydroxylation sites is 1. The van der Waals surface area contributed by atoms with Crippen molar-refractivity contribution in [1.29, 1.82) is 0 Å². The maximum atomic E-state index is 13.2. The lowest BCUT2D eigenvalue weighted by atomic mass is 10.1. The van der Waals surface area contributed by atoms with E-state index in [1.807, 2.05) is 37.3 Å². The molecule has 0 saturated carbocycles. The highest BCUT2D eigenvalue weighted by atomic mass is 19.1. The maximum absolute atomic E-state index is 13.2. The van der Waals surface area contributed by atoms with Gasteiger partial charge in [0.2, 0.25) is 0 Å². The van der Waals surface area contributed by atoms with Gasteiger partial charge in [-0.2, -0.15) is 0 Å². The second-order valence-corrected chi connectivity index (χ2v) is 5.15. The molecule has 1 atom stereocenters. The summed E-state index contributed by atoms with van der Waals surface area (Å²) in [7, 11) is 0. The molecule has 1 aromatic heterocycles. The predicted molar refractivity (Wildman–Crippen MR) is 83.4 cm³/mol. The number of pyridine rings is 1. The molecule has 3 heteroatoms. The van der Waals surface area contributed by atoms with Gasteiger partial charge in [0.1, 0.15) is 5.82 Å². The van der Waals surface area contributed by atoms with Crippen LogP contribution in [0.2, 0.25) is 0 Å². The van der Waals surface area contributed by atoms with Gasteiger partial charge in [-0.1, -0.05) is 36.4 Å². The Morgan fingerprint density at radius 2 is 1.90 bits per heavy atom. The lowest BCUT2D eigenvalue weighted by molar-refractivity contribution is 0.560. The van der Waals surface area contributed by atoms with Crippen molar-refractivity contribution in [3.8, 4) is 0 Å². The van der Waals surface area contributed by atoms with Gasteiger partial charge in [0.15, 0.2) is 0 Å². The smallest absolute Gasteiger partial charge is 0.123 e. The molecule has 0 radical (unpaired) electrons. The average molecular weight is 280 g/mol. The Bertz CT molecular complexity index is 755. The molecule has 2 nitrogen and oxygen atoms in total. The maximum Gasteiger partial charge on any atom is 0.123 e. The van der Waals surface area contributed by atoms with Crippen molar-refractivity contribution < 1.29 is 4.39 Å². The Morgan fingerprint density at radius 1 is 1.05 bits per heavy atom. The van der Waals surface area contributed by atoms with Gasteiger partial charge in [0.05, 0.1) is 11.2 Å². The van der Waals surface area contributed by atoms with Crippen LogP contribution in [0.3, 0.4) is 0 Å². The Hall–Kier alpha value is -2.26. The highest BCUT2D eigenvalue weighted by Crippen LogP contribution is 2.15. The minimum absolute atomic E-state index is 0.0778. The minimum Gasteiger partial charge on any atom is -0.305 e. The van der Waals surface area contributed by atoms with E-state index in [2.05, 4.69) is 22.4 Å². The zero-order valence-corrected chi connectivity index (χ0v) is 11.9. The Kier molecular flexibility index (Phi) is 3.93. The second-order valence-electron chi connectivity index (χ2n) is 5.15. The van der Waals surface area contributed by atoms with Crippen molar-refractivity contribution in [2.24, 2.45) is 0 Å². The van der Waals surface area contributed by atoms with Crippen molar-refractivity contribution >= 4 is 10.9 Å². The van der Waals surface area contributed by atoms with Gasteiger partial charge in [-0.15, -0.1) is 0 Å². The van der Waals surface area contributed by atoms with Gasteiger partial charge in [-0.3, -0.25) is 4.98 Å². The van der Waals surface area contributed by atoms with Crippen LogP contribution in [-0.2, 0) is 6.54 Å². The average Bonchev–Trinajstić information content (AvgIpc) is 2.52. The van der Waals surface area contributed by atoms with Crippen LogP contribution in [0.15, 0.2) is 60.7 Å². The fourth-order valence-corrected chi connectivity index (χ4v) is 2.36. The molecule has 0 aliphatic carbocycles. The highest BCUT2D eigenvalue weighted by molar-refractivity contribution is 5.78. The Balaban J connectivity index is 1.71. The largest absolute Gasteiger partial charge is 0.305 e. The predicted octanol–water partition coefficient (Wildman–Crippen LogP) is 4.22. The van der Waals surface area contributed by atoms with E-state index in [9.17, 15) is 4.39 Å². The molecule has 21 heavy (non-hydrogen) atoms. The molecule has 0 amide bonds. The molecule has 0 aliphatic heterocycles. The molecular formula is C18H17FN2. The summed E-state index contributed by atoms with van der Waals surface area (Å²) in [5.74, 6) is -0.204. The van der Waals surface area contributed by atoms with Gasteiger partial charge < -0.3 is 5.32 Å². The molecule has 2 aromatic carbocycles. The lowest BCUT2D eigenvalue weighted by Gasteiger charge is -2.14. The second kappa shape index (κ2) is 6.02. The molecule has 1 N–H and O–H groups in total. The number of halogens is 1. The monoisotopic (exact) mass is 280 g/mol. The normalized spacial score (nSPS) is 12.5. The molecule has 3 rings (SSSR count). The summed E-state index contributed by atoms with van der Waals surface area (Å²) in [6.45, 7) is 2.68. The molecule has 0 aliphatic rings. The van der Waals surface area contributed by atoms with Gasteiger partial charge in [-0.25, -0.2) is 4.39 Å². The minimum atomic E-state index is -0.204. The van der Waals surface area contributed by atoms with E-state index >= 15 is 0 Å². The quantitative estimate of drug-likeness (QED) is 0.773. The van der Waals surface area contributed by atoms with Crippen molar-refractivity contribution in [3.05, 3.63) is 77.7 Å². The van der Waals surface area contributed by atoms with Crippen molar-refractivity contribution in [2.75, 3.05) is 0 Å². The summed E-state index contributed by atoms with van der Waals surface area (Å²) < 4.78 is 13.2. The van der Waals surface area contributed by atoms with Crippen LogP contribution in [0.4, 0.5) is 4.39 Å². The summed E-state index contributed by atoms with van der Waals surface area (Å²) in [6.07, 6.45) is 0.